The number of aromatic carboxylic acids is 1. The Labute approximate surface area is 132 Å². The maximum absolute atomic E-state index is 10.8. The summed E-state index contributed by atoms with van der Waals surface area (Å²) in [6, 6.07) is 15.8. The lowest BCUT2D eigenvalue weighted by Gasteiger charge is -2.08. The standard InChI is InChI=1S/C19H23NO2/c1-14(2)17-7-3-15(4-8-17)11-12-20-13-16-5-9-18(10-6-16)19(21)22/h3-10,14,20H,11-13H2,1-2H3,(H,21,22). The maximum atomic E-state index is 10.8. The molecule has 0 spiro atoms. The average molecular weight is 297 g/mol. The number of hydrogen-bond donors (Lipinski definition) is 2. The smallest absolute Gasteiger partial charge is 0.335 e. The number of carboxylic acid groups (broad SMARTS) is 1. The van der Waals surface area contributed by atoms with Crippen LogP contribution in [0.4, 0.5) is 0 Å². The normalized spacial score (nSPS) is 10.9. The Morgan fingerprint density at radius 3 is 2.14 bits per heavy atom. The predicted octanol–water partition coefficient (Wildman–Crippen LogP) is 3.84. The summed E-state index contributed by atoms with van der Waals surface area (Å²) >= 11 is 0. The van der Waals surface area contributed by atoms with Crippen molar-refractivity contribution >= 4 is 5.97 Å². The van der Waals surface area contributed by atoms with E-state index in [0.717, 1.165) is 25.1 Å². The molecule has 3 nitrogen and oxygen atoms in total. The molecule has 0 aliphatic carbocycles. The molecule has 0 aliphatic heterocycles. The van der Waals surface area contributed by atoms with Gasteiger partial charge in [-0.05, 0) is 47.7 Å². The van der Waals surface area contributed by atoms with Crippen LogP contribution in [0.15, 0.2) is 48.5 Å². The number of nitrogens with one attached hydrogen (secondary N) is 1. The van der Waals surface area contributed by atoms with Gasteiger partial charge in [-0.15, -0.1) is 0 Å². The van der Waals surface area contributed by atoms with Crippen LogP contribution in [0.5, 0.6) is 0 Å². The van der Waals surface area contributed by atoms with Crippen molar-refractivity contribution in [2.24, 2.45) is 0 Å². The van der Waals surface area contributed by atoms with E-state index in [9.17, 15) is 4.79 Å². The van der Waals surface area contributed by atoms with Gasteiger partial charge in [0.25, 0.3) is 0 Å². The van der Waals surface area contributed by atoms with E-state index in [4.69, 9.17) is 5.11 Å². The number of carbonyl (C=O) groups is 1. The van der Waals surface area contributed by atoms with Crippen LogP contribution >= 0.6 is 0 Å². The highest BCUT2D eigenvalue weighted by atomic mass is 16.4. The van der Waals surface area contributed by atoms with E-state index < -0.39 is 5.97 Å². The molecule has 0 unspecified atom stereocenters. The van der Waals surface area contributed by atoms with Gasteiger partial charge in [0.15, 0.2) is 0 Å². The van der Waals surface area contributed by atoms with Gasteiger partial charge in [-0.25, -0.2) is 4.79 Å². The fraction of sp³-hybridized carbons (Fsp3) is 0.316. The molecule has 2 rings (SSSR count). The molecule has 0 fully saturated rings. The highest BCUT2D eigenvalue weighted by Gasteiger charge is 2.02. The molecule has 2 N–H and O–H groups in total. The summed E-state index contributed by atoms with van der Waals surface area (Å²) in [5.74, 6) is -0.315. The molecule has 0 amide bonds. The van der Waals surface area contributed by atoms with E-state index in [-0.39, 0.29) is 0 Å². The van der Waals surface area contributed by atoms with E-state index in [0.29, 0.717) is 11.5 Å². The number of carboxylic acids is 1. The summed E-state index contributed by atoms with van der Waals surface area (Å²) < 4.78 is 0. The highest BCUT2D eigenvalue weighted by molar-refractivity contribution is 5.87. The summed E-state index contributed by atoms with van der Waals surface area (Å²) in [5.41, 5.74) is 4.13. The maximum Gasteiger partial charge on any atom is 0.335 e. The van der Waals surface area contributed by atoms with Gasteiger partial charge in [0.1, 0.15) is 0 Å². The van der Waals surface area contributed by atoms with Gasteiger partial charge in [0.05, 0.1) is 5.56 Å². The second kappa shape index (κ2) is 7.76. The van der Waals surface area contributed by atoms with Crippen molar-refractivity contribution in [3.63, 3.8) is 0 Å². The Hall–Kier alpha value is -2.13. The van der Waals surface area contributed by atoms with E-state index >= 15 is 0 Å². The third-order valence-electron chi connectivity index (χ3n) is 3.77. The van der Waals surface area contributed by atoms with Crippen LogP contribution in [0, 0.1) is 0 Å². The molecule has 116 valence electrons. The highest BCUT2D eigenvalue weighted by Crippen LogP contribution is 2.14. The summed E-state index contributed by atoms with van der Waals surface area (Å²) in [7, 11) is 0. The van der Waals surface area contributed by atoms with Gasteiger partial charge in [0, 0.05) is 6.54 Å². The lowest BCUT2D eigenvalue weighted by atomic mass is 10.0. The first-order chi connectivity index (χ1) is 10.6. The fourth-order valence-corrected chi connectivity index (χ4v) is 2.30. The molecule has 0 saturated carbocycles. The minimum atomic E-state index is -0.885. The first kappa shape index (κ1) is 16.2. The Morgan fingerprint density at radius 1 is 1.00 bits per heavy atom. The zero-order chi connectivity index (χ0) is 15.9. The van der Waals surface area contributed by atoms with Crippen LogP contribution < -0.4 is 5.32 Å². The summed E-state index contributed by atoms with van der Waals surface area (Å²) in [6.45, 7) is 6.06. The SMILES string of the molecule is CC(C)c1ccc(CCNCc2ccc(C(=O)O)cc2)cc1. The quantitative estimate of drug-likeness (QED) is 0.763. The second-order valence-electron chi connectivity index (χ2n) is 5.83. The van der Waals surface area contributed by atoms with Crippen LogP contribution in [0.2, 0.25) is 0 Å². The number of hydrogen-bond acceptors (Lipinski definition) is 2. The summed E-state index contributed by atoms with van der Waals surface area (Å²) in [5, 5.41) is 12.2. The molecule has 0 atom stereocenters. The molecule has 0 heterocycles. The topological polar surface area (TPSA) is 49.3 Å². The van der Waals surface area contributed by atoms with Gasteiger partial charge in [0.2, 0.25) is 0 Å². The lowest BCUT2D eigenvalue weighted by molar-refractivity contribution is 0.0697. The molecular weight excluding hydrogens is 274 g/mol. The van der Waals surface area contributed by atoms with Crippen LogP contribution in [0.25, 0.3) is 0 Å². The van der Waals surface area contributed by atoms with Crippen molar-refractivity contribution in [3.8, 4) is 0 Å². The molecular formula is C19H23NO2. The van der Waals surface area contributed by atoms with Gasteiger partial charge in [-0.2, -0.15) is 0 Å². The van der Waals surface area contributed by atoms with Crippen LogP contribution in [0.1, 0.15) is 46.8 Å². The molecule has 0 aliphatic rings. The summed E-state index contributed by atoms with van der Waals surface area (Å²) in [6.07, 6.45) is 0.992. The molecule has 0 aromatic heterocycles. The predicted molar refractivity (Wildman–Crippen MR) is 89.3 cm³/mol. The molecule has 0 radical (unpaired) electrons. The monoisotopic (exact) mass is 297 g/mol. The summed E-state index contributed by atoms with van der Waals surface area (Å²) in [4.78, 5) is 10.8. The Bertz CT molecular complexity index is 600. The van der Waals surface area contributed by atoms with Crippen molar-refractivity contribution in [2.45, 2.75) is 32.7 Å². The zero-order valence-electron chi connectivity index (χ0n) is 13.2. The first-order valence-corrected chi connectivity index (χ1v) is 7.68. The minimum Gasteiger partial charge on any atom is -0.478 e. The van der Waals surface area contributed by atoms with Gasteiger partial charge in [-0.1, -0.05) is 50.2 Å². The largest absolute Gasteiger partial charge is 0.478 e. The van der Waals surface area contributed by atoms with Crippen molar-refractivity contribution < 1.29 is 9.90 Å². The molecule has 0 saturated heterocycles. The number of rotatable bonds is 7. The van der Waals surface area contributed by atoms with Gasteiger partial charge < -0.3 is 10.4 Å². The van der Waals surface area contributed by atoms with Crippen molar-refractivity contribution in [1.82, 2.24) is 5.32 Å². The molecule has 2 aromatic carbocycles. The van der Waals surface area contributed by atoms with Crippen LogP contribution in [-0.2, 0) is 13.0 Å². The average Bonchev–Trinajstić information content (AvgIpc) is 2.52. The van der Waals surface area contributed by atoms with Crippen molar-refractivity contribution in [2.75, 3.05) is 6.54 Å². The minimum absolute atomic E-state index is 0.328. The van der Waals surface area contributed by atoms with E-state index in [2.05, 4.69) is 43.4 Å². The van der Waals surface area contributed by atoms with Crippen LogP contribution in [0.3, 0.4) is 0 Å². The van der Waals surface area contributed by atoms with E-state index in [1.165, 1.54) is 11.1 Å². The lowest BCUT2D eigenvalue weighted by Crippen LogP contribution is -2.16. The molecule has 3 heteroatoms. The van der Waals surface area contributed by atoms with Crippen LogP contribution in [-0.4, -0.2) is 17.6 Å². The number of benzene rings is 2. The third-order valence-corrected chi connectivity index (χ3v) is 3.77. The zero-order valence-corrected chi connectivity index (χ0v) is 13.2. The molecule has 22 heavy (non-hydrogen) atoms. The van der Waals surface area contributed by atoms with Crippen molar-refractivity contribution in [3.05, 3.63) is 70.8 Å². The Kier molecular flexibility index (Phi) is 5.73. The Morgan fingerprint density at radius 2 is 1.59 bits per heavy atom. The molecule has 2 aromatic rings. The van der Waals surface area contributed by atoms with E-state index in [1.54, 1.807) is 12.1 Å². The van der Waals surface area contributed by atoms with Gasteiger partial charge in [-0.3, -0.25) is 0 Å². The first-order valence-electron chi connectivity index (χ1n) is 7.68. The fourth-order valence-electron chi connectivity index (χ4n) is 2.30. The Balaban J connectivity index is 1.75. The van der Waals surface area contributed by atoms with E-state index in [1.807, 2.05) is 12.1 Å². The second-order valence-corrected chi connectivity index (χ2v) is 5.83. The van der Waals surface area contributed by atoms with Crippen molar-refractivity contribution in [1.29, 1.82) is 0 Å². The van der Waals surface area contributed by atoms with Gasteiger partial charge >= 0.3 is 5.97 Å². The third kappa shape index (κ3) is 4.71. The molecule has 0 bridgehead atoms.